The number of nitrogens with two attached hydrogens (primary N) is 1. The maximum absolute atomic E-state index is 12.1. The zero-order chi connectivity index (χ0) is 13.7. The highest BCUT2D eigenvalue weighted by atomic mass is 32.2. The van der Waals surface area contributed by atoms with Gasteiger partial charge < -0.3 is 5.73 Å². The first-order valence-corrected chi connectivity index (χ1v) is 7.85. The Balaban J connectivity index is 1.83. The van der Waals surface area contributed by atoms with E-state index in [1.54, 1.807) is 17.1 Å². The van der Waals surface area contributed by atoms with E-state index in [4.69, 9.17) is 5.73 Å². The Kier molecular flexibility index (Phi) is 4.86. The molecule has 19 heavy (non-hydrogen) atoms. The Morgan fingerprint density at radius 3 is 3.00 bits per heavy atom. The van der Waals surface area contributed by atoms with Crippen LogP contribution in [-0.2, 0) is 16.8 Å². The Morgan fingerprint density at radius 1 is 1.47 bits per heavy atom. The van der Waals surface area contributed by atoms with Gasteiger partial charge in [-0.2, -0.15) is 12.7 Å². The van der Waals surface area contributed by atoms with E-state index in [1.165, 1.54) is 4.31 Å². The molecule has 1 aliphatic rings. The molecule has 1 atom stereocenters. The first kappa shape index (κ1) is 14.4. The van der Waals surface area contributed by atoms with Gasteiger partial charge in [0.2, 0.25) is 0 Å². The normalized spacial score (nSPS) is 21.6. The molecule has 1 unspecified atom stereocenters. The van der Waals surface area contributed by atoms with Crippen LogP contribution in [0.2, 0.25) is 0 Å². The molecule has 0 amide bonds. The average Bonchev–Trinajstić information content (AvgIpc) is 2.92. The topological polar surface area (TPSA) is 106 Å². The molecule has 0 bridgehead atoms. The highest BCUT2D eigenvalue weighted by Crippen LogP contribution is 2.17. The molecule has 0 aromatic carbocycles. The van der Waals surface area contributed by atoms with Crippen molar-refractivity contribution in [2.75, 3.05) is 26.2 Å². The van der Waals surface area contributed by atoms with Crippen molar-refractivity contribution in [2.45, 2.75) is 19.4 Å². The summed E-state index contributed by atoms with van der Waals surface area (Å²) in [7, 11) is -3.41. The van der Waals surface area contributed by atoms with E-state index in [2.05, 4.69) is 15.0 Å². The molecule has 8 nitrogen and oxygen atoms in total. The van der Waals surface area contributed by atoms with Gasteiger partial charge in [-0.05, 0) is 25.3 Å². The van der Waals surface area contributed by atoms with E-state index in [1.807, 2.05) is 0 Å². The maximum atomic E-state index is 12.1. The highest BCUT2D eigenvalue weighted by molar-refractivity contribution is 7.87. The van der Waals surface area contributed by atoms with E-state index in [0.29, 0.717) is 32.7 Å². The molecule has 0 aliphatic carbocycles. The van der Waals surface area contributed by atoms with Crippen molar-refractivity contribution in [3.8, 4) is 0 Å². The minimum absolute atomic E-state index is 0.264. The van der Waals surface area contributed by atoms with Crippen molar-refractivity contribution in [3.05, 3.63) is 12.4 Å². The van der Waals surface area contributed by atoms with Gasteiger partial charge >= 0.3 is 0 Å². The van der Waals surface area contributed by atoms with Crippen LogP contribution in [0.4, 0.5) is 0 Å². The predicted octanol–water partition coefficient (Wildman–Crippen LogP) is -1.22. The Morgan fingerprint density at radius 2 is 2.32 bits per heavy atom. The van der Waals surface area contributed by atoms with Crippen LogP contribution in [-0.4, -0.2) is 53.9 Å². The van der Waals surface area contributed by atoms with Crippen molar-refractivity contribution >= 4 is 10.2 Å². The number of aromatic nitrogens is 3. The van der Waals surface area contributed by atoms with E-state index in [0.717, 1.165) is 12.8 Å². The second-order valence-electron chi connectivity index (χ2n) is 4.67. The van der Waals surface area contributed by atoms with E-state index in [-0.39, 0.29) is 5.92 Å². The number of piperidine rings is 1. The number of nitrogens with zero attached hydrogens (tertiary/aromatic N) is 4. The SMILES string of the molecule is NCC1CCCN(S(=O)(=O)NCCn2ccnn2)C1. The van der Waals surface area contributed by atoms with Crippen LogP contribution in [0.3, 0.4) is 0 Å². The third kappa shape index (κ3) is 3.96. The maximum Gasteiger partial charge on any atom is 0.279 e. The van der Waals surface area contributed by atoms with E-state index >= 15 is 0 Å². The monoisotopic (exact) mass is 288 g/mol. The van der Waals surface area contributed by atoms with Crippen molar-refractivity contribution in [3.63, 3.8) is 0 Å². The molecule has 108 valence electrons. The molecular weight excluding hydrogens is 268 g/mol. The standard InChI is InChI=1S/C10H20N6O2S/c11-8-10-2-1-5-16(9-10)19(17,18)13-4-7-15-6-3-12-14-15/h3,6,10,13H,1-2,4-5,7-9,11H2. The predicted molar refractivity (Wildman–Crippen MR) is 70.3 cm³/mol. The Bertz CT molecular complexity index is 474. The van der Waals surface area contributed by atoms with Crippen LogP contribution in [0.25, 0.3) is 0 Å². The first-order valence-electron chi connectivity index (χ1n) is 6.40. The summed E-state index contributed by atoms with van der Waals surface area (Å²) in [5, 5.41) is 7.43. The molecule has 2 rings (SSSR count). The molecule has 1 aliphatic heterocycles. The van der Waals surface area contributed by atoms with Crippen molar-refractivity contribution < 1.29 is 8.42 Å². The second kappa shape index (κ2) is 6.42. The summed E-state index contributed by atoms with van der Waals surface area (Å²) in [6.07, 6.45) is 5.12. The average molecular weight is 288 g/mol. The van der Waals surface area contributed by atoms with E-state index < -0.39 is 10.2 Å². The van der Waals surface area contributed by atoms with Crippen LogP contribution < -0.4 is 10.5 Å². The zero-order valence-electron chi connectivity index (χ0n) is 10.8. The minimum Gasteiger partial charge on any atom is -0.330 e. The molecular formula is C10H20N6O2S. The molecule has 3 N–H and O–H groups in total. The lowest BCUT2D eigenvalue weighted by atomic mass is 10.0. The summed E-state index contributed by atoms with van der Waals surface area (Å²) < 4.78 is 29.9. The lowest BCUT2D eigenvalue weighted by Gasteiger charge is -2.31. The first-order chi connectivity index (χ1) is 9.12. The zero-order valence-corrected chi connectivity index (χ0v) is 11.6. The molecule has 2 heterocycles. The van der Waals surface area contributed by atoms with E-state index in [9.17, 15) is 8.42 Å². The second-order valence-corrected chi connectivity index (χ2v) is 6.42. The molecule has 0 radical (unpaired) electrons. The summed E-state index contributed by atoms with van der Waals surface area (Å²) in [6, 6.07) is 0. The number of hydrogen-bond acceptors (Lipinski definition) is 5. The van der Waals surface area contributed by atoms with Crippen LogP contribution in [0, 0.1) is 5.92 Å². The Labute approximate surface area is 113 Å². The van der Waals surface area contributed by atoms with Gasteiger partial charge in [0.25, 0.3) is 10.2 Å². The largest absolute Gasteiger partial charge is 0.330 e. The van der Waals surface area contributed by atoms with Crippen molar-refractivity contribution in [2.24, 2.45) is 11.7 Å². The van der Waals surface area contributed by atoms with Gasteiger partial charge in [0.15, 0.2) is 0 Å². The lowest BCUT2D eigenvalue weighted by molar-refractivity contribution is 0.268. The van der Waals surface area contributed by atoms with Gasteiger partial charge in [0.1, 0.15) is 0 Å². The summed E-state index contributed by atoms with van der Waals surface area (Å²) in [4.78, 5) is 0. The summed E-state index contributed by atoms with van der Waals surface area (Å²) in [6.45, 7) is 2.37. The molecule has 9 heteroatoms. The Hall–Kier alpha value is -1.03. The molecule has 0 spiro atoms. The quantitative estimate of drug-likeness (QED) is 0.682. The van der Waals surface area contributed by atoms with Crippen molar-refractivity contribution in [1.29, 1.82) is 0 Å². The molecule has 1 aromatic heterocycles. The third-order valence-electron chi connectivity index (χ3n) is 3.25. The summed E-state index contributed by atoms with van der Waals surface area (Å²) >= 11 is 0. The molecule has 0 saturated carbocycles. The fourth-order valence-electron chi connectivity index (χ4n) is 2.17. The minimum atomic E-state index is -3.41. The van der Waals surface area contributed by atoms with Crippen LogP contribution in [0.15, 0.2) is 12.4 Å². The van der Waals surface area contributed by atoms with Gasteiger partial charge in [0.05, 0.1) is 12.7 Å². The summed E-state index contributed by atoms with van der Waals surface area (Å²) in [5.74, 6) is 0.264. The molecule has 1 fully saturated rings. The fraction of sp³-hybridized carbons (Fsp3) is 0.800. The van der Waals surface area contributed by atoms with Gasteiger partial charge in [0, 0.05) is 25.8 Å². The number of hydrogen-bond donors (Lipinski definition) is 2. The fourth-order valence-corrected chi connectivity index (χ4v) is 3.48. The van der Waals surface area contributed by atoms with Gasteiger partial charge in [-0.15, -0.1) is 5.10 Å². The van der Waals surface area contributed by atoms with Crippen LogP contribution in [0.1, 0.15) is 12.8 Å². The molecule has 1 saturated heterocycles. The lowest BCUT2D eigenvalue weighted by Crippen LogP contribution is -2.47. The molecule has 1 aromatic rings. The highest BCUT2D eigenvalue weighted by Gasteiger charge is 2.27. The summed E-state index contributed by atoms with van der Waals surface area (Å²) in [5.41, 5.74) is 5.61. The van der Waals surface area contributed by atoms with Crippen LogP contribution >= 0.6 is 0 Å². The third-order valence-corrected chi connectivity index (χ3v) is 4.83. The van der Waals surface area contributed by atoms with Crippen LogP contribution in [0.5, 0.6) is 0 Å². The number of rotatable bonds is 6. The van der Waals surface area contributed by atoms with Crippen molar-refractivity contribution in [1.82, 2.24) is 24.0 Å². The van der Waals surface area contributed by atoms with Gasteiger partial charge in [-0.3, -0.25) is 4.68 Å². The smallest absolute Gasteiger partial charge is 0.279 e. The number of nitrogens with one attached hydrogen (secondary N) is 1. The van der Waals surface area contributed by atoms with Gasteiger partial charge in [-0.1, -0.05) is 5.21 Å². The van der Waals surface area contributed by atoms with Gasteiger partial charge in [-0.25, -0.2) is 4.72 Å².